The Morgan fingerprint density at radius 2 is 1.72 bits per heavy atom. The van der Waals surface area contributed by atoms with Gasteiger partial charge in [0, 0.05) is 17.4 Å². The fourth-order valence-electron chi connectivity index (χ4n) is 3.38. The van der Waals surface area contributed by atoms with E-state index in [2.05, 4.69) is 18.8 Å². The summed E-state index contributed by atoms with van der Waals surface area (Å²) in [6.07, 6.45) is 3.87. The molecule has 1 aromatic heterocycles. The lowest BCUT2D eigenvalue weighted by Crippen LogP contribution is -2.42. The third kappa shape index (κ3) is 7.19. The molecule has 0 aromatic carbocycles. The molecule has 0 unspecified atom stereocenters. The molecule has 164 valence electrons. The molecule has 0 aliphatic heterocycles. The minimum Gasteiger partial charge on any atom is -0.477 e. The molecular weight excluding hydrogens is 382 g/mol. The van der Waals surface area contributed by atoms with Crippen LogP contribution in [-0.4, -0.2) is 23.0 Å². The van der Waals surface area contributed by atoms with Crippen LogP contribution in [0.1, 0.15) is 96.6 Å². The topological polar surface area (TPSA) is 57.6 Å². The smallest absolute Gasteiger partial charge is 0.348 e. The first-order chi connectivity index (χ1) is 12.5. The van der Waals surface area contributed by atoms with E-state index in [1.54, 1.807) is 11.0 Å². The van der Waals surface area contributed by atoms with Gasteiger partial charge in [-0.3, -0.25) is 4.79 Å². The molecule has 0 bridgehead atoms. The number of nitrogens with zero attached hydrogens (tertiary/aromatic N) is 1. The minimum absolute atomic E-state index is 0. The van der Waals surface area contributed by atoms with Gasteiger partial charge in [0.15, 0.2) is 0 Å². The number of aromatic carboxylic acids is 1. The Kier molecular flexibility index (Phi) is 10.2. The molecule has 1 amide bonds. The highest BCUT2D eigenvalue weighted by Gasteiger charge is 2.33. The van der Waals surface area contributed by atoms with Gasteiger partial charge in [0.05, 0.1) is 10.6 Å². The van der Waals surface area contributed by atoms with Crippen molar-refractivity contribution in [1.29, 1.82) is 0 Å². The normalized spacial score (nSPS) is 18.7. The lowest BCUT2D eigenvalue weighted by molar-refractivity contribution is -0.123. The highest BCUT2D eigenvalue weighted by Crippen LogP contribution is 2.36. The Hall–Kier alpha value is -1.80. The summed E-state index contributed by atoms with van der Waals surface area (Å²) in [5, 5.41) is 9.69. The van der Waals surface area contributed by atoms with Gasteiger partial charge in [0.25, 0.3) is 0 Å². The summed E-state index contributed by atoms with van der Waals surface area (Å²) in [6.45, 7) is 12.1. The molecule has 1 aliphatic rings. The molecule has 1 fully saturated rings. The van der Waals surface area contributed by atoms with Crippen molar-refractivity contribution < 1.29 is 14.7 Å². The number of carbonyl (C=O) groups is 2. The van der Waals surface area contributed by atoms with Crippen LogP contribution in [0.2, 0.25) is 0 Å². The quantitative estimate of drug-likeness (QED) is 0.551. The summed E-state index contributed by atoms with van der Waals surface area (Å²) in [5.41, 5.74) is 0.323. The summed E-state index contributed by atoms with van der Waals surface area (Å²) >= 11 is 1.15. The molecule has 0 atom stereocenters. The van der Waals surface area contributed by atoms with Crippen molar-refractivity contribution in [2.24, 2.45) is 17.3 Å². The van der Waals surface area contributed by atoms with Gasteiger partial charge < -0.3 is 10.0 Å². The number of carbonyl (C=O) groups excluding carboxylic acids is 1. The lowest BCUT2D eigenvalue weighted by Gasteiger charge is -2.33. The molecule has 1 aliphatic carbocycles. The number of amides is 1. The number of carboxylic acid groups (broad SMARTS) is 1. The van der Waals surface area contributed by atoms with E-state index < -0.39 is 5.97 Å². The van der Waals surface area contributed by atoms with E-state index in [0.29, 0.717) is 16.5 Å². The van der Waals surface area contributed by atoms with Gasteiger partial charge in [0.2, 0.25) is 5.91 Å². The largest absolute Gasteiger partial charge is 0.477 e. The molecule has 29 heavy (non-hydrogen) atoms. The molecule has 4 nitrogen and oxygen atoms in total. The van der Waals surface area contributed by atoms with Crippen molar-refractivity contribution in [3.05, 3.63) is 15.8 Å². The Morgan fingerprint density at radius 3 is 2.17 bits per heavy atom. The van der Waals surface area contributed by atoms with Crippen LogP contribution in [0.4, 0.5) is 5.69 Å². The number of carboxylic acids is 1. The SMILES string of the molecule is C.C.CC1CCC(C(=O)N(c2cc(C#CC(C)(C)C)sc2C(=O)O)C(C)C)CC1. The van der Waals surface area contributed by atoms with E-state index in [9.17, 15) is 14.7 Å². The predicted molar refractivity (Wildman–Crippen MR) is 125 cm³/mol. The maximum atomic E-state index is 13.2. The maximum Gasteiger partial charge on any atom is 0.348 e. The van der Waals surface area contributed by atoms with Gasteiger partial charge in [-0.2, -0.15) is 0 Å². The van der Waals surface area contributed by atoms with E-state index in [0.717, 1.165) is 37.0 Å². The summed E-state index contributed by atoms with van der Waals surface area (Å²) in [4.78, 5) is 27.6. The Morgan fingerprint density at radius 1 is 1.17 bits per heavy atom. The molecule has 5 heteroatoms. The average Bonchev–Trinajstić information content (AvgIpc) is 2.97. The number of anilines is 1. The van der Waals surface area contributed by atoms with Gasteiger partial charge in [-0.05, 0) is 72.3 Å². The van der Waals surface area contributed by atoms with Crippen LogP contribution in [0.25, 0.3) is 0 Å². The van der Waals surface area contributed by atoms with Crippen molar-refractivity contribution in [2.75, 3.05) is 4.90 Å². The van der Waals surface area contributed by atoms with E-state index in [4.69, 9.17) is 0 Å². The lowest BCUT2D eigenvalue weighted by atomic mass is 9.82. The molecule has 0 radical (unpaired) electrons. The Labute approximate surface area is 181 Å². The van der Waals surface area contributed by atoms with Crippen molar-refractivity contribution >= 4 is 28.9 Å². The summed E-state index contributed by atoms with van der Waals surface area (Å²) < 4.78 is 0. The van der Waals surface area contributed by atoms with E-state index in [1.807, 2.05) is 34.6 Å². The van der Waals surface area contributed by atoms with Crippen molar-refractivity contribution in [3.8, 4) is 11.8 Å². The summed E-state index contributed by atoms with van der Waals surface area (Å²) in [5.74, 6) is 5.92. The van der Waals surface area contributed by atoms with Crippen LogP contribution in [0, 0.1) is 29.1 Å². The second-order valence-electron chi connectivity index (χ2n) is 8.89. The first-order valence-electron chi connectivity index (χ1n) is 9.73. The van der Waals surface area contributed by atoms with Crippen LogP contribution in [0.15, 0.2) is 6.07 Å². The number of hydrogen-bond donors (Lipinski definition) is 1. The number of thiophene rings is 1. The van der Waals surface area contributed by atoms with Gasteiger partial charge in [-0.15, -0.1) is 11.3 Å². The maximum absolute atomic E-state index is 13.2. The highest BCUT2D eigenvalue weighted by molar-refractivity contribution is 7.15. The molecule has 1 aromatic rings. The second-order valence-corrected chi connectivity index (χ2v) is 9.94. The monoisotopic (exact) mass is 421 g/mol. The Balaban J connectivity index is 0.00000392. The predicted octanol–water partition coefficient (Wildman–Crippen LogP) is 6.68. The first-order valence-corrected chi connectivity index (χ1v) is 10.5. The number of hydrogen-bond acceptors (Lipinski definition) is 3. The van der Waals surface area contributed by atoms with Crippen LogP contribution < -0.4 is 4.90 Å². The van der Waals surface area contributed by atoms with Crippen LogP contribution in [-0.2, 0) is 4.79 Å². The van der Waals surface area contributed by atoms with Crippen molar-refractivity contribution in [1.82, 2.24) is 0 Å². The molecular formula is C24H39NO3S. The van der Waals surface area contributed by atoms with Crippen LogP contribution in [0.3, 0.4) is 0 Å². The third-order valence-electron chi connectivity index (χ3n) is 4.85. The van der Waals surface area contributed by atoms with Crippen molar-refractivity contribution in [2.45, 2.75) is 88.1 Å². The third-order valence-corrected chi connectivity index (χ3v) is 5.87. The van der Waals surface area contributed by atoms with E-state index in [1.165, 1.54) is 0 Å². The average molecular weight is 422 g/mol. The van der Waals surface area contributed by atoms with Gasteiger partial charge >= 0.3 is 5.97 Å². The zero-order valence-electron chi connectivity index (χ0n) is 17.3. The summed E-state index contributed by atoms with van der Waals surface area (Å²) in [6, 6.07) is 1.67. The first kappa shape index (κ1) is 27.2. The standard InChI is InChI=1S/C22H31NO3S.2CH4/c1-14(2)23(20(24)16-9-7-15(3)8-10-16)18-13-17(11-12-22(4,5)6)27-19(18)21(25)26;;/h13-16H,7-10H2,1-6H3,(H,25,26);2*1H4. The van der Waals surface area contributed by atoms with Crippen LogP contribution in [0.5, 0.6) is 0 Å². The molecule has 1 N–H and O–H groups in total. The van der Waals surface area contributed by atoms with Crippen LogP contribution >= 0.6 is 11.3 Å². The van der Waals surface area contributed by atoms with Gasteiger partial charge in [-0.25, -0.2) is 4.79 Å². The second kappa shape index (κ2) is 10.8. The van der Waals surface area contributed by atoms with E-state index in [-0.39, 0.29) is 43.0 Å². The molecule has 1 heterocycles. The fourth-order valence-corrected chi connectivity index (χ4v) is 4.22. The van der Waals surface area contributed by atoms with E-state index >= 15 is 0 Å². The number of rotatable bonds is 4. The zero-order chi connectivity index (χ0) is 20.4. The zero-order valence-corrected chi connectivity index (χ0v) is 18.1. The van der Waals surface area contributed by atoms with Gasteiger partial charge in [0.1, 0.15) is 4.88 Å². The minimum atomic E-state index is -1.01. The highest BCUT2D eigenvalue weighted by atomic mass is 32.1. The molecule has 0 saturated heterocycles. The molecule has 1 saturated carbocycles. The molecule has 2 rings (SSSR count). The Bertz CT molecular complexity index is 753. The summed E-state index contributed by atoms with van der Waals surface area (Å²) in [7, 11) is 0. The van der Waals surface area contributed by atoms with Gasteiger partial charge in [-0.1, -0.05) is 33.6 Å². The molecule has 0 spiro atoms. The fraction of sp³-hybridized carbons (Fsp3) is 0.667. The van der Waals surface area contributed by atoms with Crippen molar-refractivity contribution in [3.63, 3.8) is 0 Å².